The number of pyridine rings is 1. The van der Waals surface area contributed by atoms with E-state index in [2.05, 4.69) is 40.3 Å². The lowest BCUT2D eigenvalue weighted by atomic mass is 10.0. The predicted molar refractivity (Wildman–Crippen MR) is 152 cm³/mol. The molecule has 0 radical (unpaired) electrons. The Morgan fingerprint density at radius 3 is 2.67 bits per heavy atom. The van der Waals surface area contributed by atoms with Crippen LogP contribution in [0, 0.1) is 0 Å². The molecule has 4 aromatic heterocycles. The van der Waals surface area contributed by atoms with Gasteiger partial charge in [0.1, 0.15) is 23.9 Å². The van der Waals surface area contributed by atoms with Crippen molar-refractivity contribution in [2.75, 3.05) is 49.6 Å². The van der Waals surface area contributed by atoms with Crippen LogP contribution in [0.1, 0.15) is 47.9 Å². The molecular formula is C27H29F3N10O2S. The normalized spacial score (nSPS) is 18.9. The van der Waals surface area contributed by atoms with Gasteiger partial charge in [-0.1, -0.05) is 0 Å². The van der Waals surface area contributed by atoms with Gasteiger partial charge in [-0.3, -0.25) is 14.3 Å². The zero-order chi connectivity index (χ0) is 29.7. The molecule has 1 amide bonds. The lowest BCUT2D eigenvalue weighted by Gasteiger charge is -2.48. The number of morpholine rings is 1. The minimum absolute atomic E-state index is 0.0309. The highest BCUT2D eigenvalue weighted by Crippen LogP contribution is 2.40. The fourth-order valence-electron chi connectivity index (χ4n) is 5.35. The SMILES string of the molecule is CC(n1cnnc1-c1nc(NC(=O)c2cc(-n3cnc(C4CC4)c3)c(N3CC(N4CCOCC4)C3)cn2)cs1)C(F)(F)F. The number of carbonyl (C=O) groups excluding carboxylic acids is 1. The third-order valence-corrected chi connectivity index (χ3v) is 8.98. The van der Waals surface area contributed by atoms with E-state index in [-0.39, 0.29) is 22.3 Å². The second-order valence-electron chi connectivity index (χ2n) is 11.0. The number of imidazole rings is 1. The molecule has 226 valence electrons. The van der Waals surface area contributed by atoms with Gasteiger partial charge in [-0.25, -0.2) is 15.0 Å². The van der Waals surface area contributed by atoms with E-state index in [4.69, 9.17) is 4.74 Å². The van der Waals surface area contributed by atoms with Gasteiger partial charge in [-0.15, -0.1) is 21.5 Å². The van der Waals surface area contributed by atoms with Gasteiger partial charge in [0.25, 0.3) is 5.91 Å². The van der Waals surface area contributed by atoms with Crippen molar-refractivity contribution in [2.24, 2.45) is 0 Å². The zero-order valence-corrected chi connectivity index (χ0v) is 24.1. The highest BCUT2D eigenvalue weighted by molar-refractivity contribution is 7.13. The van der Waals surface area contributed by atoms with Crippen molar-refractivity contribution in [1.29, 1.82) is 0 Å². The third-order valence-electron chi connectivity index (χ3n) is 8.14. The lowest BCUT2D eigenvalue weighted by molar-refractivity contribution is -0.162. The van der Waals surface area contributed by atoms with Crippen LogP contribution in [-0.2, 0) is 4.74 Å². The van der Waals surface area contributed by atoms with E-state index in [1.165, 1.54) is 0 Å². The molecule has 4 aromatic rings. The number of amides is 1. The zero-order valence-electron chi connectivity index (χ0n) is 23.2. The molecular weight excluding hydrogens is 585 g/mol. The number of alkyl halides is 3. The minimum Gasteiger partial charge on any atom is -0.379 e. The number of nitrogens with one attached hydrogen (secondary N) is 1. The summed E-state index contributed by atoms with van der Waals surface area (Å²) in [5, 5.41) is 11.9. The Bertz CT molecular complexity index is 1620. The molecule has 16 heteroatoms. The number of rotatable bonds is 8. The molecule has 1 N–H and O–H groups in total. The molecule has 2 saturated heterocycles. The van der Waals surface area contributed by atoms with Crippen LogP contribution in [0.5, 0.6) is 0 Å². The molecule has 1 atom stereocenters. The number of anilines is 2. The maximum Gasteiger partial charge on any atom is 0.408 e. The summed E-state index contributed by atoms with van der Waals surface area (Å²) in [5.41, 5.74) is 2.92. The number of nitrogens with zero attached hydrogens (tertiary/aromatic N) is 9. The first-order chi connectivity index (χ1) is 20.7. The molecule has 12 nitrogen and oxygen atoms in total. The third kappa shape index (κ3) is 5.61. The van der Waals surface area contributed by atoms with Gasteiger partial charge >= 0.3 is 6.18 Å². The van der Waals surface area contributed by atoms with Gasteiger partial charge in [0.05, 0.1) is 42.8 Å². The summed E-state index contributed by atoms with van der Waals surface area (Å²) in [6, 6.07) is 0.341. The Morgan fingerprint density at radius 2 is 1.93 bits per heavy atom. The fraction of sp³-hybridized carbons (Fsp3) is 0.481. The predicted octanol–water partition coefficient (Wildman–Crippen LogP) is 3.76. The molecule has 2 aliphatic heterocycles. The van der Waals surface area contributed by atoms with Crippen molar-refractivity contribution in [3.05, 3.63) is 47.9 Å². The van der Waals surface area contributed by atoms with Gasteiger partial charge in [0, 0.05) is 49.7 Å². The van der Waals surface area contributed by atoms with E-state index in [1.54, 1.807) is 24.0 Å². The molecule has 1 aliphatic carbocycles. The number of hydrogen-bond acceptors (Lipinski definition) is 10. The largest absolute Gasteiger partial charge is 0.408 e. The monoisotopic (exact) mass is 614 g/mol. The number of halogens is 3. The molecule has 0 spiro atoms. The van der Waals surface area contributed by atoms with Crippen molar-refractivity contribution in [2.45, 2.75) is 43.9 Å². The Labute approximate surface area is 248 Å². The molecule has 3 aliphatic rings. The maximum atomic E-state index is 13.3. The van der Waals surface area contributed by atoms with Gasteiger partial charge in [0.15, 0.2) is 10.8 Å². The van der Waals surface area contributed by atoms with Crippen molar-refractivity contribution in [1.82, 2.24) is 39.2 Å². The van der Waals surface area contributed by atoms with E-state index in [1.807, 2.05) is 10.8 Å². The molecule has 1 unspecified atom stereocenters. The van der Waals surface area contributed by atoms with E-state index < -0.39 is 18.1 Å². The quantitative estimate of drug-likeness (QED) is 0.317. The van der Waals surface area contributed by atoms with Crippen molar-refractivity contribution >= 4 is 28.7 Å². The first-order valence-electron chi connectivity index (χ1n) is 14.1. The first-order valence-corrected chi connectivity index (χ1v) is 15.0. The second kappa shape index (κ2) is 11.0. The second-order valence-corrected chi connectivity index (χ2v) is 11.9. The summed E-state index contributed by atoms with van der Waals surface area (Å²) in [4.78, 5) is 31.4. The van der Waals surface area contributed by atoms with Crippen LogP contribution >= 0.6 is 11.3 Å². The van der Waals surface area contributed by atoms with Crippen LogP contribution in [0.15, 0.2) is 36.5 Å². The maximum absolute atomic E-state index is 13.3. The van der Waals surface area contributed by atoms with Crippen LogP contribution in [-0.4, -0.2) is 96.7 Å². The van der Waals surface area contributed by atoms with Gasteiger partial charge < -0.3 is 19.5 Å². The Balaban J connectivity index is 1.11. The van der Waals surface area contributed by atoms with E-state index >= 15 is 0 Å². The molecule has 43 heavy (non-hydrogen) atoms. The molecule has 0 aromatic carbocycles. The molecule has 1 saturated carbocycles. The van der Waals surface area contributed by atoms with Crippen molar-refractivity contribution in [3.63, 3.8) is 0 Å². The summed E-state index contributed by atoms with van der Waals surface area (Å²) < 4.78 is 48.3. The topological polar surface area (TPSA) is 119 Å². The molecule has 6 heterocycles. The van der Waals surface area contributed by atoms with Crippen molar-refractivity contribution < 1.29 is 22.7 Å². The molecule has 3 fully saturated rings. The Hall–Kier alpha value is -3.89. The van der Waals surface area contributed by atoms with Crippen LogP contribution < -0.4 is 10.2 Å². The summed E-state index contributed by atoms with van der Waals surface area (Å²) in [5.74, 6) is 0.137. The Kier molecular flexibility index (Phi) is 7.13. The van der Waals surface area contributed by atoms with E-state index in [0.717, 1.165) is 98.5 Å². The average Bonchev–Trinajstić information content (AvgIpc) is 3.34. The number of ether oxygens (including phenoxy) is 1. The summed E-state index contributed by atoms with van der Waals surface area (Å²) in [6.45, 7) is 6.07. The van der Waals surface area contributed by atoms with Gasteiger partial charge in [-0.2, -0.15) is 13.2 Å². The smallest absolute Gasteiger partial charge is 0.379 e. The number of thiazole rings is 1. The summed E-state index contributed by atoms with van der Waals surface area (Å²) in [7, 11) is 0. The summed E-state index contributed by atoms with van der Waals surface area (Å²) >= 11 is 1.06. The van der Waals surface area contributed by atoms with Crippen LogP contribution in [0.3, 0.4) is 0 Å². The highest BCUT2D eigenvalue weighted by atomic mass is 32.1. The van der Waals surface area contributed by atoms with E-state index in [9.17, 15) is 18.0 Å². The fourth-order valence-corrected chi connectivity index (χ4v) is 6.09. The van der Waals surface area contributed by atoms with E-state index in [0.29, 0.717) is 12.0 Å². The summed E-state index contributed by atoms with van der Waals surface area (Å²) in [6.07, 6.45) is 4.30. The molecule has 0 bridgehead atoms. The number of aromatic nitrogens is 7. The highest BCUT2D eigenvalue weighted by Gasteiger charge is 2.39. The standard InChI is InChI=1S/C27H29F3N10O2S/c1-16(27(28,29)30)40-15-33-36-24(40)26-35-23(13-43-26)34-25(41)19-8-21(39-12-20(32-14-39)17-2-3-17)22(9-31-19)38-10-18(11-38)37-4-6-42-7-5-37/h8-9,12-18H,2-7,10-11H2,1H3,(H,34,41). The van der Waals surface area contributed by atoms with Gasteiger partial charge in [-0.05, 0) is 25.8 Å². The first kappa shape index (κ1) is 27.9. The lowest BCUT2D eigenvalue weighted by Crippen LogP contribution is -2.61. The number of hydrogen-bond donors (Lipinski definition) is 1. The van der Waals surface area contributed by atoms with Crippen LogP contribution in [0.4, 0.5) is 24.7 Å². The number of carbonyl (C=O) groups is 1. The van der Waals surface area contributed by atoms with Crippen LogP contribution in [0.2, 0.25) is 0 Å². The van der Waals surface area contributed by atoms with Crippen molar-refractivity contribution in [3.8, 4) is 16.5 Å². The molecule has 7 rings (SSSR count). The minimum atomic E-state index is -4.48. The average molecular weight is 615 g/mol. The Morgan fingerprint density at radius 1 is 1.14 bits per heavy atom. The van der Waals surface area contributed by atoms with Crippen LogP contribution in [0.25, 0.3) is 16.5 Å². The van der Waals surface area contributed by atoms with Gasteiger partial charge in [0.2, 0.25) is 0 Å².